The summed E-state index contributed by atoms with van der Waals surface area (Å²) in [4.78, 5) is 11.6. The molecule has 2 aromatic rings. The van der Waals surface area contributed by atoms with Gasteiger partial charge in [-0.3, -0.25) is 0 Å². The highest BCUT2D eigenvalue weighted by atomic mass is 35.5. The molecule has 0 aliphatic carbocycles. The molecule has 0 fully saturated rings. The lowest BCUT2D eigenvalue weighted by molar-refractivity contribution is 0.0602. The van der Waals surface area contributed by atoms with Crippen LogP contribution < -0.4 is 5.73 Å². The monoisotopic (exact) mass is 261 g/mol. The van der Waals surface area contributed by atoms with Gasteiger partial charge in [-0.25, -0.2) is 4.79 Å². The Labute approximate surface area is 110 Å². The summed E-state index contributed by atoms with van der Waals surface area (Å²) in [5.41, 5.74) is 8.24. The van der Waals surface area contributed by atoms with Crippen LogP contribution in [0.5, 0.6) is 0 Å². The lowest BCUT2D eigenvalue weighted by atomic mass is 10.0. The maximum Gasteiger partial charge on any atom is 0.339 e. The molecule has 4 heteroatoms. The van der Waals surface area contributed by atoms with Crippen LogP contribution in [0.3, 0.4) is 0 Å². The molecule has 2 aromatic carbocycles. The fraction of sp³-hybridized carbons (Fsp3) is 0.0714. The molecule has 0 bridgehead atoms. The Morgan fingerprint density at radius 1 is 1.11 bits per heavy atom. The van der Waals surface area contributed by atoms with Crippen molar-refractivity contribution >= 4 is 23.3 Å². The van der Waals surface area contributed by atoms with E-state index in [1.54, 1.807) is 18.2 Å². The van der Waals surface area contributed by atoms with Gasteiger partial charge < -0.3 is 10.5 Å². The number of nitrogen functional groups attached to an aromatic ring is 1. The van der Waals surface area contributed by atoms with Gasteiger partial charge in [0, 0.05) is 16.1 Å². The Kier molecular flexibility index (Phi) is 3.53. The molecule has 0 unspecified atom stereocenters. The summed E-state index contributed by atoms with van der Waals surface area (Å²) in [6, 6.07) is 12.5. The van der Waals surface area contributed by atoms with E-state index in [0.29, 0.717) is 16.3 Å². The van der Waals surface area contributed by atoms with Gasteiger partial charge >= 0.3 is 5.97 Å². The second-order valence-corrected chi connectivity index (χ2v) is 4.15. The van der Waals surface area contributed by atoms with E-state index in [0.717, 1.165) is 11.1 Å². The molecule has 0 aliphatic rings. The van der Waals surface area contributed by atoms with Crippen LogP contribution in [0.15, 0.2) is 42.5 Å². The van der Waals surface area contributed by atoms with Gasteiger partial charge in [-0.15, -0.1) is 0 Å². The first-order chi connectivity index (χ1) is 8.65. The number of methoxy groups -OCH3 is 1. The van der Waals surface area contributed by atoms with Gasteiger partial charge in [0.2, 0.25) is 0 Å². The van der Waals surface area contributed by atoms with Crippen molar-refractivity contribution in [3.63, 3.8) is 0 Å². The first-order valence-corrected chi connectivity index (χ1v) is 5.74. The van der Waals surface area contributed by atoms with Crippen LogP contribution in [0.25, 0.3) is 11.1 Å². The quantitative estimate of drug-likeness (QED) is 0.666. The number of carbonyl (C=O) groups excluding carboxylic acids is 1. The van der Waals surface area contributed by atoms with Crippen LogP contribution in [-0.4, -0.2) is 13.1 Å². The van der Waals surface area contributed by atoms with E-state index in [2.05, 4.69) is 4.74 Å². The maximum absolute atomic E-state index is 11.6. The second-order valence-electron chi connectivity index (χ2n) is 3.74. The van der Waals surface area contributed by atoms with Crippen molar-refractivity contribution in [1.82, 2.24) is 0 Å². The smallest absolute Gasteiger partial charge is 0.339 e. The molecule has 0 spiro atoms. The van der Waals surface area contributed by atoms with Crippen molar-refractivity contribution in [2.45, 2.75) is 0 Å². The third-order valence-electron chi connectivity index (χ3n) is 2.68. The van der Waals surface area contributed by atoms with Gasteiger partial charge in [0.1, 0.15) is 0 Å². The van der Waals surface area contributed by atoms with Crippen molar-refractivity contribution in [3.05, 3.63) is 53.1 Å². The summed E-state index contributed by atoms with van der Waals surface area (Å²) >= 11 is 6.12. The molecule has 0 radical (unpaired) electrons. The van der Waals surface area contributed by atoms with Gasteiger partial charge in [0.15, 0.2) is 0 Å². The number of hydrogen-bond acceptors (Lipinski definition) is 3. The molecule has 2 rings (SSSR count). The predicted octanol–water partition coefficient (Wildman–Crippen LogP) is 3.38. The van der Waals surface area contributed by atoms with E-state index in [9.17, 15) is 4.79 Å². The number of benzene rings is 2. The van der Waals surface area contributed by atoms with Crippen LogP contribution in [-0.2, 0) is 4.74 Å². The third-order valence-corrected chi connectivity index (χ3v) is 3.01. The van der Waals surface area contributed by atoms with Crippen molar-refractivity contribution in [3.8, 4) is 11.1 Å². The minimum absolute atomic E-state index is 0.343. The summed E-state index contributed by atoms with van der Waals surface area (Å²) < 4.78 is 4.69. The molecule has 2 N–H and O–H groups in total. The van der Waals surface area contributed by atoms with Crippen molar-refractivity contribution in [1.29, 1.82) is 0 Å². The number of para-hydroxylation sites is 1. The summed E-state index contributed by atoms with van der Waals surface area (Å²) in [6.07, 6.45) is 0. The molecular formula is C14H12ClNO2. The van der Waals surface area contributed by atoms with E-state index in [1.165, 1.54) is 7.11 Å². The number of halogens is 1. The first kappa shape index (κ1) is 12.5. The number of hydrogen-bond donors (Lipinski definition) is 1. The second kappa shape index (κ2) is 5.10. The van der Waals surface area contributed by atoms with Crippen molar-refractivity contribution < 1.29 is 9.53 Å². The fourth-order valence-electron chi connectivity index (χ4n) is 1.77. The standard InChI is InChI=1S/C14H12ClNO2/c1-18-14(17)11-7-4-6-10(13(11)16)9-5-2-3-8-12(9)15/h2-8H,16H2,1H3. The number of esters is 1. The molecular weight excluding hydrogens is 250 g/mol. The molecule has 0 saturated heterocycles. The minimum atomic E-state index is -0.457. The lowest BCUT2D eigenvalue weighted by Gasteiger charge is -2.10. The van der Waals surface area contributed by atoms with Gasteiger partial charge in [0.25, 0.3) is 0 Å². The van der Waals surface area contributed by atoms with Crippen LogP contribution in [0.2, 0.25) is 5.02 Å². The minimum Gasteiger partial charge on any atom is -0.465 e. The average molecular weight is 262 g/mol. The molecule has 92 valence electrons. The van der Waals surface area contributed by atoms with E-state index in [4.69, 9.17) is 17.3 Å². The number of carbonyl (C=O) groups is 1. The van der Waals surface area contributed by atoms with E-state index in [1.807, 2.05) is 24.3 Å². The van der Waals surface area contributed by atoms with Gasteiger partial charge in [-0.1, -0.05) is 41.9 Å². The van der Waals surface area contributed by atoms with Crippen LogP contribution in [0.4, 0.5) is 5.69 Å². The molecule has 3 nitrogen and oxygen atoms in total. The number of nitrogens with two attached hydrogens (primary N) is 1. The average Bonchev–Trinajstić information content (AvgIpc) is 2.39. The Morgan fingerprint density at radius 2 is 1.78 bits per heavy atom. The zero-order valence-corrected chi connectivity index (χ0v) is 10.6. The Morgan fingerprint density at radius 3 is 2.44 bits per heavy atom. The fourth-order valence-corrected chi connectivity index (χ4v) is 2.01. The van der Waals surface area contributed by atoms with Gasteiger partial charge in [0.05, 0.1) is 18.4 Å². The van der Waals surface area contributed by atoms with Crippen LogP contribution in [0.1, 0.15) is 10.4 Å². The normalized spacial score (nSPS) is 10.1. The molecule has 18 heavy (non-hydrogen) atoms. The number of rotatable bonds is 2. The van der Waals surface area contributed by atoms with E-state index in [-0.39, 0.29) is 0 Å². The summed E-state index contributed by atoms with van der Waals surface area (Å²) in [5, 5.41) is 0.589. The zero-order chi connectivity index (χ0) is 13.1. The van der Waals surface area contributed by atoms with Crippen molar-refractivity contribution in [2.75, 3.05) is 12.8 Å². The van der Waals surface area contributed by atoms with E-state index < -0.39 is 5.97 Å². The number of anilines is 1. The molecule has 0 atom stereocenters. The predicted molar refractivity (Wildman–Crippen MR) is 72.6 cm³/mol. The maximum atomic E-state index is 11.6. The highest BCUT2D eigenvalue weighted by Crippen LogP contribution is 2.33. The highest BCUT2D eigenvalue weighted by molar-refractivity contribution is 6.33. The highest BCUT2D eigenvalue weighted by Gasteiger charge is 2.14. The topological polar surface area (TPSA) is 52.3 Å². The summed E-state index contributed by atoms with van der Waals surface area (Å²) in [7, 11) is 1.32. The SMILES string of the molecule is COC(=O)c1cccc(-c2ccccc2Cl)c1N. The Bertz CT molecular complexity index is 596. The summed E-state index contributed by atoms with van der Waals surface area (Å²) in [5.74, 6) is -0.457. The lowest BCUT2D eigenvalue weighted by Crippen LogP contribution is -2.06. The Hall–Kier alpha value is -2.00. The van der Waals surface area contributed by atoms with Crippen LogP contribution >= 0.6 is 11.6 Å². The van der Waals surface area contributed by atoms with Gasteiger partial charge in [-0.2, -0.15) is 0 Å². The van der Waals surface area contributed by atoms with E-state index >= 15 is 0 Å². The zero-order valence-electron chi connectivity index (χ0n) is 9.81. The largest absolute Gasteiger partial charge is 0.465 e. The molecule has 0 amide bonds. The molecule has 0 heterocycles. The Balaban J connectivity index is 2.60. The third kappa shape index (κ3) is 2.17. The van der Waals surface area contributed by atoms with Crippen LogP contribution in [0, 0.1) is 0 Å². The molecule has 0 aromatic heterocycles. The van der Waals surface area contributed by atoms with Gasteiger partial charge in [-0.05, 0) is 12.1 Å². The summed E-state index contributed by atoms with van der Waals surface area (Å²) in [6.45, 7) is 0. The molecule has 0 saturated carbocycles. The number of ether oxygens (including phenoxy) is 1. The van der Waals surface area contributed by atoms with Crippen molar-refractivity contribution in [2.24, 2.45) is 0 Å². The first-order valence-electron chi connectivity index (χ1n) is 5.37. The molecule has 0 aliphatic heterocycles.